The highest BCUT2D eigenvalue weighted by atomic mass is 32.1. The molecule has 0 N–H and O–H groups in total. The maximum Gasteiger partial charge on any atom is 0.253 e. The van der Waals surface area contributed by atoms with Gasteiger partial charge >= 0.3 is 0 Å². The summed E-state index contributed by atoms with van der Waals surface area (Å²) in [6, 6.07) is 10.00. The highest BCUT2D eigenvalue weighted by Crippen LogP contribution is 2.33. The first-order valence-corrected chi connectivity index (χ1v) is 9.93. The second kappa shape index (κ2) is 7.40. The SMILES string of the molecule is O=C(Cc1cccs1)N1CCC2(CC1)CN(c1cccc(F)c1)C(=O)CO2. The molecule has 2 amide bonds. The second-order valence-corrected chi connectivity index (χ2v) is 8.10. The summed E-state index contributed by atoms with van der Waals surface area (Å²) in [7, 11) is 0. The average Bonchev–Trinajstić information content (AvgIpc) is 3.17. The van der Waals surface area contributed by atoms with Crippen molar-refractivity contribution in [1.29, 1.82) is 0 Å². The molecule has 2 aromatic rings. The van der Waals surface area contributed by atoms with Crippen LogP contribution in [-0.2, 0) is 20.7 Å². The molecule has 0 aliphatic carbocycles. The van der Waals surface area contributed by atoms with Crippen LogP contribution in [0.1, 0.15) is 17.7 Å². The molecule has 1 spiro atoms. The van der Waals surface area contributed by atoms with E-state index in [1.165, 1.54) is 12.1 Å². The second-order valence-electron chi connectivity index (χ2n) is 7.07. The van der Waals surface area contributed by atoms with Crippen molar-refractivity contribution < 1.29 is 18.7 Å². The van der Waals surface area contributed by atoms with Crippen molar-refractivity contribution in [3.8, 4) is 0 Å². The first kappa shape index (κ1) is 18.1. The lowest BCUT2D eigenvalue weighted by molar-refractivity contribution is -0.150. The van der Waals surface area contributed by atoms with Crippen LogP contribution < -0.4 is 4.90 Å². The van der Waals surface area contributed by atoms with Gasteiger partial charge in [-0.1, -0.05) is 12.1 Å². The number of halogens is 1. The first-order valence-electron chi connectivity index (χ1n) is 9.05. The summed E-state index contributed by atoms with van der Waals surface area (Å²) in [6.07, 6.45) is 1.77. The van der Waals surface area contributed by atoms with Crippen molar-refractivity contribution in [3.63, 3.8) is 0 Å². The minimum absolute atomic E-state index is 0.0142. The molecule has 1 aromatic heterocycles. The van der Waals surface area contributed by atoms with Gasteiger partial charge in [-0.15, -0.1) is 11.3 Å². The van der Waals surface area contributed by atoms with Gasteiger partial charge in [0, 0.05) is 23.7 Å². The first-order chi connectivity index (χ1) is 13.0. The summed E-state index contributed by atoms with van der Waals surface area (Å²) in [4.78, 5) is 29.3. The highest BCUT2D eigenvalue weighted by Gasteiger charge is 2.43. The lowest BCUT2D eigenvalue weighted by Crippen LogP contribution is -2.59. The number of carbonyl (C=O) groups excluding carboxylic acids is 2. The average molecular weight is 388 g/mol. The molecule has 1 aromatic carbocycles. The number of hydrogen-bond donors (Lipinski definition) is 0. The van der Waals surface area contributed by atoms with Gasteiger partial charge in [0.2, 0.25) is 5.91 Å². The largest absolute Gasteiger partial charge is 0.363 e. The van der Waals surface area contributed by atoms with Crippen molar-refractivity contribution in [2.75, 3.05) is 31.1 Å². The monoisotopic (exact) mass is 388 g/mol. The Hall–Kier alpha value is -2.25. The number of ether oxygens (including phenoxy) is 1. The highest BCUT2D eigenvalue weighted by molar-refractivity contribution is 7.10. The summed E-state index contributed by atoms with van der Waals surface area (Å²) in [5, 5.41) is 1.97. The van der Waals surface area contributed by atoms with Crippen molar-refractivity contribution in [2.24, 2.45) is 0 Å². The molecule has 2 saturated heterocycles. The summed E-state index contributed by atoms with van der Waals surface area (Å²) in [5.74, 6) is -0.404. The zero-order valence-corrected chi connectivity index (χ0v) is 15.7. The summed E-state index contributed by atoms with van der Waals surface area (Å²) in [6.45, 7) is 1.59. The normalized spacial score (nSPS) is 19.5. The van der Waals surface area contributed by atoms with Crippen LogP contribution >= 0.6 is 11.3 Å². The third-order valence-corrected chi connectivity index (χ3v) is 6.18. The fourth-order valence-corrected chi connectivity index (χ4v) is 4.43. The van der Waals surface area contributed by atoms with Gasteiger partial charge in [-0.05, 0) is 42.5 Å². The Morgan fingerprint density at radius 3 is 2.74 bits per heavy atom. The van der Waals surface area contributed by atoms with Crippen LogP contribution in [0.3, 0.4) is 0 Å². The summed E-state index contributed by atoms with van der Waals surface area (Å²) >= 11 is 1.59. The third-order valence-electron chi connectivity index (χ3n) is 5.30. The maximum atomic E-state index is 13.6. The Bertz CT molecular complexity index is 832. The van der Waals surface area contributed by atoms with E-state index in [0.29, 0.717) is 44.6 Å². The molecular weight excluding hydrogens is 367 g/mol. The van der Waals surface area contributed by atoms with E-state index in [-0.39, 0.29) is 24.2 Å². The Labute approximate surface area is 161 Å². The number of rotatable bonds is 3. The molecule has 3 heterocycles. The topological polar surface area (TPSA) is 49.9 Å². The number of hydrogen-bond acceptors (Lipinski definition) is 4. The molecule has 0 unspecified atom stereocenters. The van der Waals surface area contributed by atoms with Gasteiger partial charge in [-0.3, -0.25) is 9.59 Å². The molecule has 0 radical (unpaired) electrons. The van der Waals surface area contributed by atoms with Crippen LogP contribution in [0.25, 0.3) is 0 Å². The van der Waals surface area contributed by atoms with Crippen molar-refractivity contribution in [1.82, 2.24) is 4.90 Å². The number of carbonyl (C=O) groups is 2. The number of benzene rings is 1. The van der Waals surface area contributed by atoms with Crippen LogP contribution in [0, 0.1) is 5.82 Å². The fraction of sp³-hybridized carbons (Fsp3) is 0.400. The van der Waals surface area contributed by atoms with E-state index in [4.69, 9.17) is 4.74 Å². The van der Waals surface area contributed by atoms with Gasteiger partial charge in [-0.25, -0.2) is 4.39 Å². The molecule has 0 bridgehead atoms. The Balaban J connectivity index is 1.41. The van der Waals surface area contributed by atoms with Crippen molar-refractivity contribution in [3.05, 3.63) is 52.5 Å². The molecule has 142 valence electrons. The number of thiophene rings is 1. The molecule has 2 fully saturated rings. The van der Waals surface area contributed by atoms with E-state index in [1.807, 2.05) is 22.4 Å². The number of nitrogens with zero attached hydrogens (tertiary/aromatic N) is 2. The molecule has 2 aliphatic rings. The van der Waals surface area contributed by atoms with Gasteiger partial charge in [0.15, 0.2) is 0 Å². The smallest absolute Gasteiger partial charge is 0.253 e. The van der Waals surface area contributed by atoms with Gasteiger partial charge in [-0.2, -0.15) is 0 Å². The predicted octanol–water partition coefficient (Wildman–Crippen LogP) is 2.85. The summed E-state index contributed by atoms with van der Waals surface area (Å²) < 4.78 is 19.5. The lowest BCUT2D eigenvalue weighted by atomic mass is 9.89. The quantitative estimate of drug-likeness (QED) is 0.813. The number of amides is 2. The molecule has 0 atom stereocenters. The van der Waals surface area contributed by atoms with Crippen LogP contribution in [0.2, 0.25) is 0 Å². The predicted molar refractivity (Wildman–Crippen MR) is 101 cm³/mol. The van der Waals surface area contributed by atoms with E-state index in [2.05, 4.69) is 0 Å². The fourth-order valence-electron chi connectivity index (χ4n) is 3.73. The van der Waals surface area contributed by atoms with E-state index in [9.17, 15) is 14.0 Å². The Morgan fingerprint density at radius 1 is 1.22 bits per heavy atom. The van der Waals surface area contributed by atoms with Gasteiger partial charge in [0.1, 0.15) is 12.4 Å². The van der Waals surface area contributed by atoms with Crippen LogP contribution in [-0.4, -0.2) is 48.6 Å². The number of piperidine rings is 1. The Morgan fingerprint density at radius 2 is 2.04 bits per heavy atom. The Kier molecular flexibility index (Phi) is 4.97. The number of likely N-dealkylation sites (tertiary alicyclic amines) is 1. The summed E-state index contributed by atoms with van der Waals surface area (Å²) in [5.41, 5.74) is 0.0822. The standard InChI is InChI=1S/C20H21FN2O3S/c21-15-3-1-4-16(11-15)23-14-20(26-13-19(23)25)6-8-22(9-7-20)18(24)12-17-5-2-10-27-17/h1-5,10-11H,6-9,12-14H2. The van der Waals surface area contributed by atoms with E-state index in [0.717, 1.165) is 4.88 Å². The molecule has 2 aliphatic heterocycles. The number of morpholine rings is 1. The molecular formula is C20H21FN2O3S. The zero-order valence-electron chi connectivity index (χ0n) is 14.9. The van der Waals surface area contributed by atoms with E-state index < -0.39 is 5.60 Å². The lowest BCUT2D eigenvalue weighted by Gasteiger charge is -2.47. The minimum atomic E-state index is -0.472. The third kappa shape index (κ3) is 3.89. The van der Waals surface area contributed by atoms with Crippen molar-refractivity contribution in [2.45, 2.75) is 24.9 Å². The van der Waals surface area contributed by atoms with Gasteiger partial charge in [0.25, 0.3) is 5.91 Å². The molecule has 5 nitrogen and oxygen atoms in total. The van der Waals surface area contributed by atoms with Crippen LogP contribution in [0.5, 0.6) is 0 Å². The number of anilines is 1. The van der Waals surface area contributed by atoms with Crippen molar-refractivity contribution >= 4 is 28.8 Å². The zero-order chi connectivity index (χ0) is 18.9. The molecule has 27 heavy (non-hydrogen) atoms. The molecule has 4 rings (SSSR count). The molecule has 0 saturated carbocycles. The minimum Gasteiger partial charge on any atom is -0.363 e. The van der Waals surface area contributed by atoms with Crippen LogP contribution in [0.4, 0.5) is 10.1 Å². The van der Waals surface area contributed by atoms with Crippen LogP contribution in [0.15, 0.2) is 41.8 Å². The van der Waals surface area contributed by atoms with Gasteiger partial charge in [0.05, 0.1) is 18.6 Å². The molecule has 7 heteroatoms. The maximum absolute atomic E-state index is 13.6. The van der Waals surface area contributed by atoms with E-state index >= 15 is 0 Å². The van der Waals surface area contributed by atoms with E-state index in [1.54, 1.807) is 28.4 Å². The van der Waals surface area contributed by atoms with Gasteiger partial charge < -0.3 is 14.5 Å².